The number of carbonyl (C=O) groups is 1. The van der Waals surface area contributed by atoms with Crippen molar-refractivity contribution in [2.24, 2.45) is 0 Å². The van der Waals surface area contributed by atoms with Crippen LogP contribution in [0.1, 0.15) is 48.0 Å². The van der Waals surface area contributed by atoms with Crippen LogP contribution in [0.4, 0.5) is 17.1 Å². The Hall–Kier alpha value is -3.68. The van der Waals surface area contributed by atoms with E-state index in [-0.39, 0.29) is 11.9 Å². The van der Waals surface area contributed by atoms with Crippen molar-refractivity contribution in [3.05, 3.63) is 86.7 Å². The van der Waals surface area contributed by atoms with Crippen molar-refractivity contribution in [2.45, 2.75) is 45.8 Å². The van der Waals surface area contributed by atoms with E-state index in [9.17, 15) is 4.79 Å². The van der Waals surface area contributed by atoms with Gasteiger partial charge in [-0.1, -0.05) is 35.3 Å². The van der Waals surface area contributed by atoms with Crippen molar-refractivity contribution in [3.63, 3.8) is 0 Å². The molecule has 6 rings (SSSR count). The van der Waals surface area contributed by atoms with Crippen LogP contribution in [0.2, 0.25) is 10.0 Å². The Morgan fingerprint density at radius 2 is 1.77 bits per heavy atom. The van der Waals surface area contributed by atoms with Crippen LogP contribution in [0.3, 0.4) is 0 Å². The number of hydrogen-bond donors (Lipinski definition) is 2. The maximum Gasteiger partial charge on any atom is 0.261 e. The van der Waals surface area contributed by atoms with E-state index in [2.05, 4.69) is 28.6 Å². The summed E-state index contributed by atoms with van der Waals surface area (Å²) in [6.45, 7) is 8.59. The first-order valence-electron chi connectivity index (χ1n) is 12.8. The lowest BCUT2D eigenvalue weighted by Gasteiger charge is -2.38. The molecular formula is C30H29Cl2N5O2. The number of carbonyl (C=O) groups excluding carboxylic acids is 1. The number of benzene rings is 3. The van der Waals surface area contributed by atoms with E-state index in [0.717, 1.165) is 45.2 Å². The maximum absolute atomic E-state index is 14.3. The van der Waals surface area contributed by atoms with Crippen LogP contribution in [0.15, 0.2) is 48.5 Å². The fourth-order valence-electron chi connectivity index (χ4n) is 6.02. The average Bonchev–Trinajstić information content (AvgIpc) is 3.51. The van der Waals surface area contributed by atoms with Crippen molar-refractivity contribution in [2.75, 3.05) is 23.1 Å². The molecular weight excluding hydrogens is 533 g/mol. The summed E-state index contributed by atoms with van der Waals surface area (Å²) in [6.07, 6.45) is 0. The standard InChI is InChI=1S/C30H29Cl2N5O2/c1-15(2)37-27-24(34-28(37)20-10-17(4)22(33)13-26(20)39-5)14-36(25-12-19(32)7-6-16(25)3)30(27)21-9-8-18(31)11-23(21)35-29(30)38/h6-13,15H,14,33H2,1-5H3,(H,35,38). The molecule has 0 radical (unpaired) electrons. The summed E-state index contributed by atoms with van der Waals surface area (Å²) in [5, 5.41) is 4.27. The molecule has 2 aliphatic heterocycles. The molecule has 4 aromatic rings. The number of fused-ring (bicyclic) bond motifs is 4. The lowest BCUT2D eigenvalue weighted by atomic mass is 9.86. The lowest BCUT2D eigenvalue weighted by molar-refractivity contribution is -0.119. The zero-order valence-corrected chi connectivity index (χ0v) is 23.9. The van der Waals surface area contributed by atoms with Gasteiger partial charge in [0.05, 0.1) is 30.6 Å². The third kappa shape index (κ3) is 3.56. The number of rotatable bonds is 4. The summed E-state index contributed by atoms with van der Waals surface area (Å²) in [5.41, 5.74) is 12.4. The van der Waals surface area contributed by atoms with Crippen LogP contribution in [0, 0.1) is 13.8 Å². The Morgan fingerprint density at radius 1 is 1.05 bits per heavy atom. The van der Waals surface area contributed by atoms with Gasteiger partial charge in [0.2, 0.25) is 0 Å². The molecule has 1 spiro atoms. The molecule has 0 aliphatic carbocycles. The Bertz CT molecular complexity index is 1680. The van der Waals surface area contributed by atoms with E-state index in [4.69, 9.17) is 38.7 Å². The second kappa shape index (κ2) is 8.93. The number of aryl methyl sites for hydroxylation is 2. The van der Waals surface area contributed by atoms with E-state index < -0.39 is 5.54 Å². The Balaban J connectivity index is 1.70. The number of amides is 1. The van der Waals surface area contributed by atoms with Gasteiger partial charge in [-0.05, 0) is 69.2 Å². The number of nitrogens with one attached hydrogen (secondary N) is 1. The van der Waals surface area contributed by atoms with Gasteiger partial charge in [0, 0.05) is 44.8 Å². The highest BCUT2D eigenvalue weighted by Crippen LogP contribution is 2.55. The molecule has 0 fully saturated rings. The number of methoxy groups -OCH3 is 1. The number of nitrogens with zero attached hydrogens (tertiary/aromatic N) is 3. The molecule has 3 heterocycles. The van der Waals surface area contributed by atoms with Gasteiger partial charge >= 0.3 is 0 Å². The summed E-state index contributed by atoms with van der Waals surface area (Å²) < 4.78 is 7.90. The molecule has 7 nitrogen and oxygen atoms in total. The van der Waals surface area contributed by atoms with Crippen molar-refractivity contribution in [1.29, 1.82) is 0 Å². The van der Waals surface area contributed by atoms with E-state index >= 15 is 0 Å². The molecule has 1 amide bonds. The van der Waals surface area contributed by atoms with Crippen molar-refractivity contribution < 1.29 is 9.53 Å². The number of hydrogen-bond acceptors (Lipinski definition) is 5. The molecule has 9 heteroatoms. The van der Waals surface area contributed by atoms with Gasteiger partial charge in [0.15, 0.2) is 5.54 Å². The van der Waals surface area contributed by atoms with Gasteiger partial charge < -0.3 is 25.3 Å². The smallest absolute Gasteiger partial charge is 0.261 e. The van der Waals surface area contributed by atoms with Crippen molar-refractivity contribution in [1.82, 2.24) is 9.55 Å². The second-order valence-corrected chi connectivity index (χ2v) is 11.3. The fraction of sp³-hybridized carbons (Fsp3) is 0.267. The number of nitrogen functional groups attached to an aromatic ring is 1. The van der Waals surface area contributed by atoms with Crippen LogP contribution >= 0.6 is 23.2 Å². The summed E-state index contributed by atoms with van der Waals surface area (Å²) >= 11 is 12.9. The van der Waals surface area contributed by atoms with Gasteiger partial charge in [-0.25, -0.2) is 4.98 Å². The number of ether oxygens (including phenoxy) is 1. The molecule has 0 saturated heterocycles. The third-order valence-electron chi connectivity index (χ3n) is 7.79. The normalized spacial score (nSPS) is 17.6. The number of anilines is 3. The van der Waals surface area contributed by atoms with Crippen LogP contribution < -0.4 is 20.7 Å². The Morgan fingerprint density at radius 3 is 2.49 bits per heavy atom. The molecule has 200 valence electrons. The lowest BCUT2D eigenvalue weighted by Crippen LogP contribution is -2.49. The number of halogens is 2. The van der Waals surface area contributed by atoms with E-state index in [0.29, 0.717) is 33.7 Å². The number of imidazole rings is 1. The summed E-state index contributed by atoms with van der Waals surface area (Å²) in [4.78, 5) is 21.7. The predicted octanol–water partition coefficient (Wildman–Crippen LogP) is 6.86. The number of nitrogens with two attached hydrogens (primary N) is 1. The summed E-state index contributed by atoms with van der Waals surface area (Å²) in [7, 11) is 1.62. The van der Waals surface area contributed by atoms with E-state index in [1.807, 2.05) is 56.3 Å². The molecule has 3 aromatic carbocycles. The van der Waals surface area contributed by atoms with Gasteiger partial charge in [-0.3, -0.25) is 4.79 Å². The van der Waals surface area contributed by atoms with Gasteiger partial charge in [0.1, 0.15) is 11.6 Å². The molecule has 2 aliphatic rings. The van der Waals surface area contributed by atoms with Crippen LogP contribution in [-0.2, 0) is 16.9 Å². The highest BCUT2D eigenvalue weighted by Gasteiger charge is 2.60. The molecule has 1 atom stereocenters. The first-order chi connectivity index (χ1) is 18.6. The average molecular weight is 563 g/mol. The van der Waals surface area contributed by atoms with Crippen molar-refractivity contribution in [3.8, 4) is 17.1 Å². The van der Waals surface area contributed by atoms with Gasteiger partial charge in [0.25, 0.3) is 5.91 Å². The topological polar surface area (TPSA) is 85.4 Å². The molecule has 1 unspecified atom stereocenters. The minimum Gasteiger partial charge on any atom is -0.496 e. The van der Waals surface area contributed by atoms with Gasteiger partial charge in [-0.2, -0.15) is 0 Å². The molecule has 0 saturated carbocycles. The largest absolute Gasteiger partial charge is 0.496 e. The number of aromatic nitrogens is 2. The first kappa shape index (κ1) is 25.6. The van der Waals surface area contributed by atoms with E-state index in [1.54, 1.807) is 13.2 Å². The monoisotopic (exact) mass is 561 g/mol. The summed E-state index contributed by atoms with van der Waals surface area (Å²) in [5.74, 6) is 1.20. The molecule has 39 heavy (non-hydrogen) atoms. The fourth-order valence-corrected chi connectivity index (χ4v) is 6.36. The van der Waals surface area contributed by atoms with Crippen molar-refractivity contribution >= 4 is 46.2 Å². The molecule has 1 aromatic heterocycles. The van der Waals surface area contributed by atoms with Crippen LogP contribution in [0.25, 0.3) is 11.4 Å². The zero-order valence-electron chi connectivity index (χ0n) is 22.4. The predicted molar refractivity (Wildman–Crippen MR) is 157 cm³/mol. The highest BCUT2D eigenvalue weighted by atomic mass is 35.5. The Kier molecular flexibility index (Phi) is 5.86. The van der Waals surface area contributed by atoms with E-state index in [1.165, 1.54) is 0 Å². The maximum atomic E-state index is 14.3. The summed E-state index contributed by atoms with van der Waals surface area (Å²) in [6, 6.07) is 15.1. The zero-order chi connectivity index (χ0) is 27.8. The van der Waals surface area contributed by atoms with Gasteiger partial charge in [-0.15, -0.1) is 0 Å². The first-order valence-corrected chi connectivity index (χ1v) is 13.5. The SMILES string of the molecule is COc1cc(N)c(C)cc1-c1nc2c(n1C(C)C)C1(C(=O)Nc3cc(Cl)ccc31)N(c1cc(Cl)ccc1C)C2. The Labute approximate surface area is 237 Å². The highest BCUT2D eigenvalue weighted by molar-refractivity contribution is 6.31. The van der Waals surface area contributed by atoms with Crippen LogP contribution in [-0.4, -0.2) is 22.6 Å². The molecule has 3 N–H and O–H groups in total. The minimum atomic E-state index is -1.18. The second-order valence-electron chi connectivity index (χ2n) is 10.5. The van der Waals surface area contributed by atoms with Crippen LogP contribution in [0.5, 0.6) is 5.75 Å². The third-order valence-corrected chi connectivity index (χ3v) is 8.26. The minimum absolute atomic E-state index is 0.0275. The quantitative estimate of drug-likeness (QED) is 0.266. The molecule has 0 bridgehead atoms.